The second-order valence-corrected chi connectivity index (χ2v) is 5.05. The molecule has 0 heterocycles. The van der Waals surface area contributed by atoms with Crippen molar-refractivity contribution in [1.82, 2.24) is 0 Å². The van der Waals surface area contributed by atoms with Crippen LogP contribution < -0.4 is 4.74 Å². The fourth-order valence-corrected chi connectivity index (χ4v) is 2.22. The lowest BCUT2D eigenvalue weighted by Gasteiger charge is -2.15. The molecular weight excluding hydrogens is 278 g/mol. The molecule has 2 aromatic carbocycles. The molecule has 4 heteroatoms. The summed E-state index contributed by atoms with van der Waals surface area (Å²) in [5.74, 6) is 0.847. The van der Waals surface area contributed by atoms with Crippen molar-refractivity contribution in [3.05, 3.63) is 65.2 Å². The van der Waals surface area contributed by atoms with Crippen molar-refractivity contribution < 1.29 is 14.7 Å². The Morgan fingerprint density at radius 3 is 2.50 bits per heavy atom. The minimum Gasteiger partial charge on any atom is -0.489 e. The lowest BCUT2D eigenvalue weighted by Crippen LogP contribution is -2.20. The smallest absolute Gasteiger partial charge is 0.122 e. The fourth-order valence-electron chi connectivity index (χ4n) is 2.22. The second kappa shape index (κ2) is 7.61. The molecule has 1 unspecified atom stereocenters. The fraction of sp³-hybridized carbons (Fsp3) is 0.278. The maximum absolute atomic E-state index is 9.90. The van der Waals surface area contributed by atoms with E-state index in [9.17, 15) is 5.11 Å². The highest BCUT2D eigenvalue weighted by Crippen LogP contribution is 2.20. The highest BCUT2D eigenvalue weighted by atomic mass is 16.6. The van der Waals surface area contributed by atoms with Crippen molar-refractivity contribution in [2.24, 2.45) is 5.16 Å². The summed E-state index contributed by atoms with van der Waals surface area (Å²) in [5.41, 5.74) is 3.35. The SMILES string of the molecule is CON=C(c1ccccc1COc1ccccc1C)C(C)O. The quantitative estimate of drug-likeness (QED) is 0.657. The molecule has 1 atom stereocenters. The lowest BCUT2D eigenvalue weighted by molar-refractivity contribution is 0.200. The van der Waals surface area contributed by atoms with Crippen LogP contribution in [0.2, 0.25) is 0 Å². The van der Waals surface area contributed by atoms with Gasteiger partial charge in [0.15, 0.2) is 0 Å². The largest absolute Gasteiger partial charge is 0.489 e. The van der Waals surface area contributed by atoms with E-state index in [0.717, 1.165) is 22.4 Å². The van der Waals surface area contributed by atoms with E-state index in [4.69, 9.17) is 9.57 Å². The van der Waals surface area contributed by atoms with Gasteiger partial charge in [-0.3, -0.25) is 0 Å². The van der Waals surface area contributed by atoms with Gasteiger partial charge in [-0.05, 0) is 31.0 Å². The summed E-state index contributed by atoms with van der Waals surface area (Å²) >= 11 is 0. The summed E-state index contributed by atoms with van der Waals surface area (Å²) in [6.07, 6.45) is -0.723. The third-order valence-electron chi connectivity index (χ3n) is 3.36. The van der Waals surface area contributed by atoms with Crippen LogP contribution in [0.3, 0.4) is 0 Å². The Morgan fingerprint density at radius 2 is 1.82 bits per heavy atom. The predicted octanol–water partition coefficient (Wildman–Crippen LogP) is 3.31. The minimum absolute atomic E-state index is 0.399. The first kappa shape index (κ1) is 16.0. The van der Waals surface area contributed by atoms with Gasteiger partial charge in [0.2, 0.25) is 0 Å². The van der Waals surface area contributed by atoms with Gasteiger partial charge in [0.05, 0.1) is 6.10 Å². The number of hydrogen-bond acceptors (Lipinski definition) is 4. The molecule has 0 aromatic heterocycles. The Bertz CT molecular complexity index is 650. The summed E-state index contributed by atoms with van der Waals surface area (Å²) in [5, 5.41) is 13.8. The Labute approximate surface area is 131 Å². The highest BCUT2D eigenvalue weighted by molar-refractivity contribution is 6.04. The first-order chi connectivity index (χ1) is 10.6. The summed E-state index contributed by atoms with van der Waals surface area (Å²) in [6.45, 7) is 4.07. The Hall–Kier alpha value is -2.33. The van der Waals surface area contributed by atoms with E-state index in [0.29, 0.717) is 12.3 Å². The molecule has 0 aliphatic rings. The first-order valence-corrected chi connectivity index (χ1v) is 7.19. The molecule has 1 N–H and O–H groups in total. The summed E-state index contributed by atoms with van der Waals surface area (Å²) in [4.78, 5) is 4.84. The molecule has 0 amide bonds. The van der Waals surface area contributed by atoms with E-state index in [2.05, 4.69) is 5.16 Å². The molecule has 0 saturated heterocycles. The van der Waals surface area contributed by atoms with Crippen molar-refractivity contribution in [1.29, 1.82) is 0 Å². The van der Waals surface area contributed by atoms with Crippen molar-refractivity contribution in [3.8, 4) is 5.75 Å². The van der Waals surface area contributed by atoms with Gasteiger partial charge in [-0.2, -0.15) is 0 Å². The van der Waals surface area contributed by atoms with Crippen molar-refractivity contribution in [2.75, 3.05) is 7.11 Å². The molecule has 116 valence electrons. The third kappa shape index (κ3) is 3.86. The average Bonchev–Trinajstić information content (AvgIpc) is 2.52. The van der Waals surface area contributed by atoms with Crippen LogP contribution in [-0.4, -0.2) is 24.0 Å². The van der Waals surface area contributed by atoms with Gasteiger partial charge in [-0.25, -0.2) is 0 Å². The predicted molar refractivity (Wildman–Crippen MR) is 87.2 cm³/mol. The van der Waals surface area contributed by atoms with Crippen LogP contribution in [0.5, 0.6) is 5.75 Å². The normalized spacial score (nSPS) is 12.8. The number of ether oxygens (including phenoxy) is 1. The topological polar surface area (TPSA) is 51.0 Å². The van der Waals surface area contributed by atoms with Crippen LogP contribution in [0.15, 0.2) is 53.7 Å². The zero-order valence-corrected chi connectivity index (χ0v) is 13.1. The van der Waals surface area contributed by atoms with Crippen LogP contribution in [0.25, 0.3) is 0 Å². The third-order valence-corrected chi connectivity index (χ3v) is 3.36. The molecule has 2 aromatic rings. The van der Waals surface area contributed by atoms with Crippen LogP contribution >= 0.6 is 0 Å². The number of nitrogens with zero attached hydrogens (tertiary/aromatic N) is 1. The second-order valence-electron chi connectivity index (χ2n) is 5.05. The van der Waals surface area contributed by atoms with Crippen LogP contribution in [-0.2, 0) is 11.4 Å². The zero-order chi connectivity index (χ0) is 15.9. The number of hydrogen-bond donors (Lipinski definition) is 1. The van der Waals surface area contributed by atoms with E-state index in [1.807, 2.05) is 55.5 Å². The monoisotopic (exact) mass is 299 g/mol. The molecule has 22 heavy (non-hydrogen) atoms. The van der Waals surface area contributed by atoms with Crippen LogP contribution in [0.1, 0.15) is 23.6 Å². The first-order valence-electron chi connectivity index (χ1n) is 7.19. The number of aryl methyl sites for hydroxylation is 1. The summed E-state index contributed by atoms with van der Waals surface area (Å²) in [6, 6.07) is 15.6. The maximum Gasteiger partial charge on any atom is 0.122 e. The van der Waals surface area contributed by atoms with Gasteiger partial charge in [0.1, 0.15) is 25.2 Å². The van der Waals surface area contributed by atoms with Gasteiger partial charge in [-0.15, -0.1) is 0 Å². The van der Waals surface area contributed by atoms with Gasteiger partial charge in [0, 0.05) is 5.56 Å². The Kier molecular flexibility index (Phi) is 5.55. The number of aliphatic hydroxyl groups is 1. The number of benzene rings is 2. The van der Waals surface area contributed by atoms with E-state index in [-0.39, 0.29) is 0 Å². The van der Waals surface area contributed by atoms with Crippen LogP contribution in [0.4, 0.5) is 0 Å². The molecular formula is C18H21NO3. The van der Waals surface area contributed by atoms with Gasteiger partial charge >= 0.3 is 0 Å². The van der Waals surface area contributed by atoms with Crippen molar-refractivity contribution >= 4 is 5.71 Å². The summed E-state index contributed by atoms with van der Waals surface area (Å²) < 4.78 is 5.89. The van der Waals surface area contributed by atoms with E-state index >= 15 is 0 Å². The molecule has 0 fully saturated rings. The van der Waals surface area contributed by atoms with E-state index in [1.165, 1.54) is 7.11 Å². The number of rotatable bonds is 6. The number of aliphatic hydroxyl groups excluding tert-OH is 1. The Morgan fingerprint density at radius 1 is 1.14 bits per heavy atom. The maximum atomic E-state index is 9.90. The molecule has 4 nitrogen and oxygen atoms in total. The lowest BCUT2D eigenvalue weighted by atomic mass is 10.0. The van der Waals surface area contributed by atoms with Crippen LogP contribution in [0, 0.1) is 6.92 Å². The standard InChI is InChI=1S/C18H21NO3/c1-13-8-4-7-11-17(13)22-12-15-9-5-6-10-16(15)18(14(2)20)19-21-3/h4-11,14,20H,12H2,1-3H3. The average molecular weight is 299 g/mol. The molecule has 2 rings (SSSR count). The molecule has 0 aliphatic heterocycles. The van der Waals surface area contributed by atoms with Gasteiger partial charge < -0.3 is 14.7 Å². The Balaban J connectivity index is 2.25. The summed E-state index contributed by atoms with van der Waals surface area (Å²) in [7, 11) is 1.47. The molecule has 0 saturated carbocycles. The highest BCUT2D eigenvalue weighted by Gasteiger charge is 2.15. The minimum atomic E-state index is -0.723. The molecule has 0 bridgehead atoms. The molecule has 0 radical (unpaired) electrons. The van der Waals surface area contributed by atoms with E-state index < -0.39 is 6.10 Å². The van der Waals surface area contributed by atoms with Crippen molar-refractivity contribution in [3.63, 3.8) is 0 Å². The zero-order valence-electron chi connectivity index (χ0n) is 13.1. The van der Waals surface area contributed by atoms with Gasteiger partial charge in [-0.1, -0.05) is 47.6 Å². The number of oxime groups is 1. The van der Waals surface area contributed by atoms with E-state index in [1.54, 1.807) is 6.92 Å². The molecule has 0 aliphatic carbocycles. The van der Waals surface area contributed by atoms with Gasteiger partial charge in [0.25, 0.3) is 0 Å². The number of para-hydroxylation sites is 1. The van der Waals surface area contributed by atoms with Crippen molar-refractivity contribution in [2.45, 2.75) is 26.6 Å². The molecule has 0 spiro atoms.